The second kappa shape index (κ2) is 5.23. The number of hydrogen-bond acceptors (Lipinski definition) is 2. The van der Waals surface area contributed by atoms with Gasteiger partial charge in [-0.3, -0.25) is 0 Å². The summed E-state index contributed by atoms with van der Waals surface area (Å²) < 4.78 is 0. The summed E-state index contributed by atoms with van der Waals surface area (Å²) >= 11 is 5.97. The molecule has 0 bridgehead atoms. The van der Waals surface area contributed by atoms with Crippen LogP contribution in [0, 0.1) is 0 Å². The van der Waals surface area contributed by atoms with Gasteiger partial charge >= 0.3 is 0 Å². The third-order valence-electron chi connectivity index (χ3n) is 2.09. The van der Waals surface area contributed by atoms with Crippen molar-refractivity contribution in [1.29, 1.82) is 0 Å². The zero-order valence-corrected chi connectivity index (χ0v) is 9.38. The van der Waals surface area contributed by atoms with Crippen LogP contribution in [0.3, 0.4) is 0 Å². The first-order valence-electron chi connectivity index (χ1n) is 4.71. The highest BCUT2D eigenvalue weighted by Gasteiger charge is 2.01. The average molecular weight is 214 g/mol. The number of nitrogens with zero attached hydrogens (tertiary/aromatic N) is 1. The van der Waals surface area contributed by atoms with E-state index in [0.29, 0.717) is 5.02 Å². The lowest BCUT2D eigenvalue weighted by Crippen LogP contribution is -2.13. The Labute approximate surface area is 90.1 Å². The van der Waals surface area contributed by atoms with Crippen molar-refractivity contribution in [3.05, 3.63) is 28.8 Å². The van der Waals surface area contributed by atoms with Gasteiger partial charge in [0.25, 0.3) is 0 Å². The van der Waals surface area contributed by atoms with Crippen molar-refractivity contribution in [3.63, 3.8) is 0 Å². The van der Waals surface area contributed by atoms with Crippen LogP contribution in [0.25, 0.3) is 0 Å². The van der Waals surface area contributed by atoms with Gasteiger partial charge in [0.1, 0.15) is 5.75 Å². The van der Waals surface area contributed by atoms with E-state index in [1.807, 2.05) is 6.07 Å². The summed E-state index contributed by atoms with van der Waals surface area (Å²) in [5.41, 5.74) is 1.10. The van der Waals surface area contributed by atoms with E-state index in [4.69, 9.17) is 16.7 Å². The Morgan fingerprint density at radius 1 is 1.36 bits per heavy atom. The van der Waals surface area contributed by atoms with E-state index in [2.05, 4.69) is 19.0 Å². The van der Waals surface area contributed by atoms with Gasteiger partial charge in [-0.15, -0.1) is 0 Å². The number of aryl methyl sites for hydroxylation is 1. The largest absolute Gasteiger partial charge is 0.508 e. The Morgan fingerprint density at radius 2 is 2.07 bits per heavy atom. The standard InChI is InChI=1S/C11H16ClNO/c1-13(2)7-3-4-9-5-6-10(14)8-11(9)12/h5-6,8,14H,3-4,7H2,1-2H3. The van der Waals surface area contributed by atoms with Crippen molar-refractivity contribution >= 4 is 11.6 Å². The van der Waals surface area contributed by atoms with E-state index in [0.717, 1.165) is 24.9 Å². The summed E-state index contributed by atoms with van der Waals surface area (Å²) in [4.78, 5) is 2.15. The van der Waals surface area contributed by atoms with Crippen molar-refractivity contribution in [2.24, 2.45) is 0 Å². The van der Waals surface area contributed by atoms with Gasteiger partial charge < -0.3 is 10.0 Å². The monoisotopic (exact) mass is 213 g/mol. The van der Waals surface area contributed by atoms with Crippen molar-refractivity contribution in [1.82, 2.24) is 4.90 Å². The molecule has 0 aliphatic carbocycles. The lowest BCUT2D eigenvalue weighted by molar-refractivity contribution is 0.400. The summed E-state index contributed by atoms with van der Waals surface area (Å²) in [5, 5.41) is 9.81. The molecule has 1 aromatic rings. The predicted molar refractivity (Wildman–Crippen MR) is 60.0 cm³/mol. The molecule has 0 heterocycles. The molecule has 1 rings (SSSR count). The van der Waals surface area contributed by atoms with Gasteiger partial charge in [0.15, 0.2) is 0 Å². The third kappa shape index (κ3) is 3.56. The molecule has 0 unspecified atom stereocenters. The molecule has 3 heteroatoms. The van der Waals surface area contributed by atoms with Crippen LogP contribution in [-0.4, -0.2) is 30.6 Å². The third-order valence-corrected chi connectivity index (χ3v) is 2.44. The Hall–Kier alpha value is -0.730. The molecule has 14 heavy (non-hydrogen) atoms. The van der Waals surface area contributed by atoms with Crippen molar-refractivity contribution in [3.8, 4) is 5.75 Å². The van der Waals surface area contributed by atoms with Crippen molar-refractivity contribution in [2.45, 2.75) is 12.8 Å². The van der Waals surface area contributed by atoms with Gasteiger partial charge in [-0.05, 0) is 51.2 Å². The first-order chi connectivity index (χ1) is 6.59. The Bertz CT molecular complexity index is 299. The maximum Gasteiger partial charge on any atom is 0.117 e. The number of halogens is 1. The molecule has 0 saturated carbocycles. The quantitative estimate of drug-likeness (QED) is 0.831. The lowest BCUT2D eigenvalue weighted by atomic mass is 10.1. The minimum atomic E-state index is 0.228. The molecular weight excluding hydrogens is 198 g/mol. The highest BCUT2D eigenvalue weighted by Crippen LogP contribution is 2.22. The minimum absolute atomic E-state index is 0.228. The van der Waals surface area contributed by atoms with Crippen LogP contribution in [0.5, 0.6) is 5.75 Å². The van der Waals surface area contributed by atoms with Gasteiger partial charge in [-0.2, -0.15) is 0 Å². The van der Waals surface area contributed by atoms with Crippen LogP contribution >= 0.6 is 11.6 Å². The smallest absolute Gasteiger partial charge is 0.117 e. The summed E-state index contributed by atoms with van der Waals surface area (Å²) in [6.45, 7) is 1.05. The summed E-state index contributed by atoms with van der Waals surface area (Å²) in [7, 11) is 4.11. The molecule has 0 atom stereocenters. The number of rotatable bonds is 4. The predicted octanol–water partition coefficient (Wildman–Crippen LogP) is 2.54. The van der Waals surface area contributed by atoms with Crippen LogP contribution in [0.1, 0.15) is 12.0 Å². The van der Waals surface area contributed by atoms with Gasteiger partial charge in [0, 0.05) is 5.02 Å². The number of benzene rings is 1. The molecule has 0 fully saturated rings. The van der Waals surface area contributed by atoms with Gasteiger partial charge in [0.05, 0.1) is 0 Å². The average Bonchev–Trinajstić information content (AvgIpc) is 2.08. The Kier molecular flexibility index (Phi) is 4.23. The van der Waals surface area contributed by atoms with Crippen LogP contribution < -0.4 is 0 Å². The molecule has 1 aromatic carbocycles. The highest BCUT2D eigenvalue weighted by atomic mass is 35.5. The lowest BCUT2D eigenvalue weighted by Gasteiger charge is -2.09. The molecule has 78 valence electrons. The first kappa shape index (κ1) is 11.3. The molecular formula is C11H16ClNO. The fraction of sp³-hybridized carbons (Fsp3) is 0.455. The number of hydrogen-bond donors (Lipinski definition) is 1. The van der Waals surface area contributed by atoms with Crippen molar-refractivity contribution in [2.75, 3.05) is 20.6 Å². The van der Waals surface area contributed by atoms with E-state index in [1.54, 1.807) is 12.1 Å². The van der Waals surface area contributed by atoms with E-state index in [9.17, 15) is 0 Å². The number of phenolic OH excluding ortho intramolecular Hbond substituents is 1. The van der Waals surface area contributed by atoms with Crippen LogP contribution in [0.4, 0.5) is 0 Å². The number of aromatic hydroxyl groups is 1. The van der Waals surface area contributed by atoms with Crippen molar-refractivity contribution < 1.29 is 5.11 Å². The molecule has 0 aliphatic rings. The molecule has 1 N–H and O–H groups in total. The molecule has 0 amide bonds. The number of phenols is 1. The molecule has 0 spiro atoms. The van der Waals surface area contributed by atoms with Gasteiger partial charge in [-0.1, -0.05) is 17.7 Å². The second-order valence-corrected chi connectivity index (χ2v) is 4.09. The normalized spacial score (nSPS) is 10.9. The first-order valence-corrected chi connectivity index (χ1v) is 5.09. The van der Waals surface area contributed by atoms with Gasteiger partial charge in [0.2, 0.25) is 0 Å². The Balaban J connectivity index is 2.51. The zero-order chi connectivity index (χ0) is 10.6. The summed E-state index contributed by atoms with van der Waals surface area (Å²) in [6.07, 6.45) is 2.04. The highest BCUT2D eigenvalue weighted by molar-refractivity contribution is 6.31. The second-order valence-electron chi connectivity index (χ2n) is 3.68. The fourth-order valence-corrected chi connectivity index (χ4v) is 1.59. The van der Waals surface area contributed by atoms with E-state index < -0.39 is 0 Å². The van der Waals surface area contributed by atoms with Crippen LogP contribution in [0.2, 0.25) is 5.02 Å². The minimum Gasteiger partial charge on any atom is -0.508 e. The summed E-state index contributed by atoms with van der Waals surface area (Å²) in [6, 6.07) is 5.15. The van der Waals surface area contributed by atoms with E-state index in [-0.39, 0.29) is 5.75 Å². The maximum atomic E-state index is 9.16. The van der Waals surface area contributed by atoms with Gasteiger partial charge in [-0.25, -0.2) is 0 Å². The van der Waals surface area contributed by atoms with E-state index in [1.165, 1.54) is 0 Å². The molecule has 2 nitrogen and oxygen atoms in total. The molecule has 0 radical (unpaired) electrons. The van der Waals surface area contributed by atoms with E-state index >= 15 is 0 Å². The topological polar surface area (TPSA) is 23.5 Å². The maximum absolute atomic E-state index is 9.16. The SMILES string of the molecule is CN(C)CCCc1ccc(O)cc1Cl. The summed E-state index contributed by atoms with van der Waals surface area (Å²) in [5.74, 6) is 0.228. The molecule has 0 saturated heterocycles. The molecule has 0 aliphatic heterocycles. The van der Waals surface area contributed by atoms with Crippen LogP contribution in [-0.2, 0) is 6.42 Å². The zero-order valence-electron chi connectivity index (χ0n) is 8.63. The Morgan fingerprint density at radius 3 is 2.64 bits per heavy atom. The van der Waals surface area contributed by atoms with Crippen LogP contribution in [0.15, 0.2) is 18.2 Å². The molecule has 0 aromatic heterocycles. The fourth-order valence-electron chi connectivity index (χ4n) is 1.32.